The summed E-state index contributed by atoms with van der Waals surface area (Å²) in [6, 6.07) is 6.36. The first-order valence-electron chi connectivity index (χ1n) is 6.77. The Balaban J connectivity index is 2.24. The molecule has 0 atom stereocenters. The molecule has 0 aromatic heterocycles. The van der Waals surface area contributed by atoms with Gasteiger partial charge in [0.05, 0.1) is 12.3 Å². The number of nitriles is 1. The molecule has 0 fully saturated rings. The van der Waals surface area contributed by atoms with E-state index in [4.69, 9.17) is 10.00 Å². The Kier molecular flexibility index (Phi) is 7.12. The molecule has 0 amide bonds. The first-order valence-corrected chi connectivity index (χ1v) is 6.77. The number of nitrogens with zero attached hydrogens (tertiary/aromatic N) is 1. The lowest BCUT2D eigenvalue weighted by Crippen LogP contribution is -2.06. The minimum atomic E-state index is -0.514. The van der Waals surface area contributed by atoms with Crippen LogP contribution in [0, 0.1) is 17.1 Å². The maximum atomic E-state index is 13.3. The van der Waals surface area contributed by atoms with Crippen LogP contribution in [0.15, 0.2) is 18.2 Å². The number of ether oxygens (including phenoxy) is 1. The highest BCUT2D eigenvalue weighted by Gasteiger charge is 2.06. The van der Waals surface area contributed by atoms with Gasteiger partial charge in [-0.05, 0) is 31.9 Å². The Labute approximate surface area is 118 Å². The van der Waals surface area contributed by atoms with Gasteiger partial charge in [0, 0.05) is 13.0 Å². The number of benzene rings is 1. The molecule has 1 aromatic carbocycles. The average Bonchev–Trinajstić information content (AvgIpc) is 2.43. The fraction of sp³-hybridized carbons (Fsp3) is 0.467. The van der Waals surface area contributed by atoms with E-state index in [0.717, 1.165) is 19.3 Å². The molecule has 0 saturated carbocycles. The van der Waals surface area contributed by atoms with Crippen molar-refractivity contribution in [3.05, 3.63) is 29.6 Å². The van der Waals surface area contributed by atoms with Gasteiger partial charge in [-0.25, -0.2) is 4.39 Å². The summed E-state index contributed by atoms with van der Waals surface area (Å²) in [4.78, 5) is 11.1. The van der Waals surface area contributed by atoms with Crippen molar-refractivity contribution in [2.24, 2.45) is 0 Å². The van der Waals surface area contributed by atoms with Crippen molar-refractivity contribution in [1.82, 2.24) is 0 Å². The van der Waals surface area contributed by atoms with Crippen LogP contribution in [0.4, 0.5) is 10.1 Å². The summed E-state index contributed by atoms with van der Waals surface area (Å²) in [5.41, 5.74) is 0.553. The van der Waals surface area contributed by atoms with Crippen molar-refractivity contribution in [3.63, 3.8) is 0 Å². The van der Waals surface area contributed by atoms with E-state index in [0.29, 0.717) is 25.3 Å². The van der Waals surface area contributed by atoms with E-state index < -0.39 is 5.82 Å². The molecule has 0 saturated heterocycles. The SMILES string of the molecule is CCOC(=O)CCCCCNc1cccc(F)c1C#N. The standard InChI is InChI=1S/C15H19FN2O2/c1-2-20-15(19)9-4-3-5-10-18-14-8-6-7-13(16)12(14)11-17/h6-8,18H,2-5,9-10H2,1H3. The quantitative estimate of drug-likeness (QED) is 0.585. The largest absolute Gasteiger partial charge is 0.466 e. The van der Waals surface area contributed by atoms with Crippen molar-refractivity contribution in [1.29, 1.82) is 5.26 Å². The second kappa shape index (κ2) is 8.92. The molecule has 1 aromatic rings. The van der Waals surface area contributed by atoms with Crippen molar-refractivity contribution >= 4 is 11.7 Å². The lowest BCUT2D eigenvalue weighted by Gasteiger charge is -2.08. The molecule has 20 heavy (non-hydrogen) atoms. The van der Waals surface area contributed by atoms with E-state index in [1.54, 1.807) is 19.1 Å². The number of carbonyl (C=O) groups is 1. The van der Waals surface area contributed by atoms with Crippen LogP contribution < -0.4 is 5.32 Å². The van der Waals surface area contributed by atoms with Gasteiger partial charge in [-0.2, -0.15) is 5.26 Å². The highest BCUT2D eigenvalue weighted by molar-refractivity contribution is 5.69. The van der Waals surface area contributed by atoms with Crippen LogP contribution in [0.2, 0.25) is 0 Å². The van der Waals surface area contributed by atoms with Crippen molar-refractivity contribution in [2.75, 3.05) is 18.5 Å². The molecule has 0 unspecified atom stereocenters. The van der Waals surface area contributed by atoms with Gasteiger partial charge in [0.2, 0.25) is 0 Å². The first kappa shape index (κ1) is 16.0. The molecular weight excluding hydrogens is 259 g/mol. The lowest BCUT2D eigenvalue weighted by atomic mass is 10.1. The number of nitrogens with one attached hydrogen (secondary N) is 1. The van der Waals surface area contributed by atoms with Gasteiger partial charge in [-0.15, -0.1) is 0 Å². The van der Waals surface area contributed by atoms with Crippen LogP contribution in [-0.4, -0.2) is 19.1 Å². The molecule has 0 bridgehead atoms. The van der Waals surface area contributed by atoms with Crippen LogP contribution in [-0.2, 0) is 9.53 Å². The molecule has 0 aliphatic rings. The van der Waals surface area contributed by atoms with Crippen molar-refractivity contribution in [2.45, 2.75) is 32.6 Å². The van der Waals surface area contributed by atoms with Gasteiger partial charge in [0.15, 0.2) is 0 Å². The third-order valence-electron chi connectivity index (χ3n) is 2.80. The molecule has 0 aliphatic carbocycles. The Morgan fingerprint density at radius 2 is 2.20 bits per heavy atom. The Morgan fingerprint density at radius 1 is 1.40 bits per heavy atom. The molecule has 1 rings (SSSR count). The number of hydrogen-bond donors (Lipinski definition) is 1. The van der Waals surface area contributed by atoms with E-state index in [1.807, 2.05) is 6.07 Å². The smallest absolute Gasteiger partial charge is 0.305 e. The van der Waals surface area contributed by atoms with Gasteiger partial charge in [0.1, 0.15) is 17.4 Å². The Morgan fingerprint density at radius 3 is 2.90 bits per heavy atom. The summed E-state index contributed by atoms with van der Waals surface area (Å²) in [6.07, 6.45) is 2.93. The van der Waals surface area contributed by atoms with Gasteiger partial charge >= 0.3 is 5.97 Å². The second-order valence-corrected chi connectivity index (χ2v) is 4.32. The molecule has 5 heteroatoms. The fourth-order valence-electron chi connectivity index (χ4n) is 1.81. The fourth-order valence-corrected chi connectivity index (χ4v) is 1.81. The van der Waals surface area contributed by atoms with Crippen molar-refractivity contribution in [3.8, 4) is 6.07 Å². The number of esters is 1. The normalized spacial score (nSPS) is 9.85. The summed E-state index contributed by atoms with van der Waals surface area (Å²) in [5.74, 6) is -0.683. The van der Waals surface area contributed by atoms with E-state index in [1.165, 1.54) is 6.07 Å². The molecular formula is C15H19FN2O2. The molecule has 0 heterocycles. The zero-order valence-corrected chi connectivity index (χ0v) is 11.6. The molecule has 108 valence electrons. The lowest BCUT2D eigenvalue weighted by molar-refractivity contribution is -0.143. The van der Waals surface area contributed by atoms with Crippen LogP contribution in [0.5, 0.6) is 0 Å². The second-order valence-electron chi connectivity index (χ2n) is 4.32. The summed E-state index contributed by atoms with van der Waals surface area (Å²) in [5, 5.41) is 11.9. The molecule has 0 radical (unpaired) electrons. The van der Waals surface area contributed by atoms with E-state index in [2.05, 4.69) is 5.32 Å². The zero-order valence-electron chi connectivity index (χ0n) is 11.6. The van der Waals surface area contributed by atoms with Crippen molar-refractivity contribution < 1.29 is 13.9 Å². The molecule has 4 nitrogen and oxygen atoms in total. The monoisotopic (exact) mass is 278 g/mol. The summed E-state index contributed by atoms with van der Waals surface area (Å²) >= 11 is 0. The predicted molar refractivity (Wildman–Crippen MR) is 74.7 cm³/mol. The van der Waals surface area contributed by atoms with Gasteiger partial charge in [0.25, 0.3) is 0 Å². The first-order chi connectivity index (χ1) is 9.69. The predicted octanol–water partition coefficient (Wildman–Crippen LogP) is 3.23. The average molecular weight is 278 g/mol. The van der Waals surface area contributed by atoms with Gasteiger partial charge in [-0.3, -0.25) is 4.79 Å². The zero-order chi connectivity index (χ0) is 14.8. The van der Waals surface area contributed by atoms with Gasteiger partial charge in [-0.1, -0.05) is 12.5 Å². The number of hydrogen-bond acceptors (Lipinski definition) is 4. The maximum absolute atomic E-state index is 13.3. The topological polar surface area (TPSA) is 62.1 Å². The summed E-state index contributed by atoms with van der Waals surface area (Å²) in [6.45, 7) is 2.84. The number of carbonyl (C=O) groups excluding carboxylic acids is 1. The van der Waals surface area contributed by atoms with Crippen LogP contribution in [0.25, 0.3) is 0 Å². The third-order valence-corrected chi connectivity index (χ3v) is 2.80. The Hall–Kier alpha value is -2.09. The molecule has 0 spiro atoms. The van der Waals surface area contributed by atoms with Crippen LogP contribution in [0.3, 0.4) is 0 Å². The van der Waals surface area contributed by atoms with E-state index in [-0.39, 0.29) is 11.5 Å². The summed E-state index contributed by atoms with van der Waals surface area (Å²) in [7, 11) is 0. The number of anilines is 1. The molecule has 0 aliphatic heterocycles. The van der Waals surface area contributed by atoms with E-state index in [9.17, 15) is 9.18 Å². The van der Waals surface area contributed by atoms with Gasteiger partial charge < -0.3 is 10.1 Å². The third kappa shape index (κ3) is 5.27. The minimum absolute atomic E-state index is 0.0408. The maximum Gasteiger partial charge on any atom is 0.305 e. The van der Waals surface area contributed by atoms with Crippen LogP contribution in [0.1, 0.15) is 38.2 Å². The number of unbranched alkanes of at least 4 members (excludes halogenated alkanes) is 2. The minimum Gasteiger partial charge on any atom is -0.466 e. The van der Waals surface area contributed by atoms with E-state index >= 15 is 0 Å². The summed E-state index contributed by atoms with van der Waals surface area (Å²) < 4.78 is 18.2. The number of halogens is 1. The highest BCUT2D eigenvalue weighted by Crippen LogP contribution is 2.17. The highest BCUT2D eigenvalue weighted by atomic mass is 19.1. The number of rotatable bonds is 8. The molecule has 1 N–H and O–H groups in total. The Bertz CT molecular complexity index is 483. The van der Waals surface area contributed by atoms with Crippen LogP contribution >= 0.6 is 0 Å².